The second-order valence-electron chi connectivity index (χ2n) is 5.57. The largest absolute Gasteiger partial charge is 0.489 e. The molecule has 0 bridgehead atoms. The van der Waals surface area contributed by atoms with Crippen molar-refractivity contribution in [2.75, 3.05) is 0 Å². The monoisotopic (exact) mass is 368 g/mol. The van der Waals surface area contributed by atoms with Gasteiger partial charge in [0.25, 0.3) is 5.89 Å². The first-order chi connectivity index (χ1) is 12.7. The molecule has 7 heteroatoms. The van der Waals surface area contributed by atoms with Gasteiger partial charge in [0.2, 0.25) is 0 Å². The molecule has 2 aromatic heterocycles. The Hall–Kier alpha value is -3.12. The van der Waals surface area contributed by atoms with E-state index < -0.39 is 5.63 Å². The average molecular weight is 369 g/mol. The third-order valence-electron chi connectivity index (χ3n) is 3.77. The summed E-state index contributed by atoms with van der Waals surface area (Å²) in [7, 11) is 0. The average Bonchev–Trinajstić information content (AvgIpc) is 3.15. The Morgan fingerprint density at radius 2 is 1.92 bits per heavy atom. The number of hydrogen-bond donors (Lipinski definition) is 0. The first-order valence-electron chi connectivity index (χ1n) is 7.86. The fraction of sp³-hybridized carbons (Fsp3) is 0.105. The van der Waals surface area contributed by atoms with Crippen molar-refractivity contribution in [2.24, 2.45) is 0 Å². The van der Waals surface area contributed by atoms with Crippen LogP contribution in [-0.2, 0) is 12.5 Å². The third kappa shape index (κ3) is 3.32. The molecule has 0 atom stereocenters. The van der Waals surface area contributed by atoms with Crippen molar-refractivity contribution >= 4 is 22.6 Å². The van der Waals surface area contributed by atoms with Gasteiger partial charge in [-0.25, -0.2) is 4.79 Å². The normalized spacial score (nSPS) is 11.0. The van der Waals surface area contributed by atoms with E-state index in [1.54, 1.807) is 18.2 Å². The van der Waals surface area contributed by atoms with Gasteiger partial charge in [0.05, 0.1) is 5.88 Å². The molecule has 26 heavy (non-hydrogen) atoms. The minimum atomic E-state index is -0.567. The van der Waals surface area contributed by atoms with Crippen LogP contribution in [0.2, 0.25) is 0 Å². The van der Waals surface area contributed by atoms with Gasteiger partial charge in [-0.05, 0) is 23.8 Å². The Kier molecular flexibility index (Phi) is 4.41. The molecule has 0 unspecified atom stereocenters. The van der Waals surface area contributed by atoms with Crippen LogP contribution < -0.4 is 10.4 Å². The van der Waals surface area contributed by atoms with E-state index in [0.717, 1.165) is 10.9 Å². The zero-order chi connectivity index (χ0) is 17.9. The molecule has 4 rings (SSSR count). The number of halogens is 1. The molecule has 0 aliphatic heterocycles. The maximum atomic E-state index is 12.3. The molecule has 0 spiro atoms. The maximum Gasteiger partial charge on any atom is 0.349 e. The Morgan fingerprint density at radius 1 is 1.08 bits per heavy atom. The predicted molar refractivity (Wildman–Crippen MR) is 96.1 cm³/mol. The van der Waals surface area contributed by atoms with Gasteiger partial charge in [-0.3, -0.25) is 0 Å². The van der Waals surface area contributed by atoms with Gasteiger partial charge in [-0.15, -0.1) is 11.6 Å². The number of nitrogens with zero attached hydrogens (tertiary/aromatic N) is 2. The third-order valence-corrected chi connectivity index (χ3v) is 4.01. The van der Waals surface area contributed by atoms with Crippen molar-refractivity contribution in [3.63, 3.8) is 0 Å². The van der Waals surface area contributed by atoms with Crippen LogP contribution in [0.25, 0.3) is 22.4 Å². The molecule has 0 aliphatic rings. The van der Waals surface area contributed by atoms with E-state index in [0.29, 0.717) is 23.8 Å². The number of hydrogen-bond acceptors (Lipinski definition) is 6. The Bertz CT molecular complexity index is 1110. The number of benzene rings is 2. The van der Waals surface area contributed by atoms with Crippen LogP contribution in [0.1, 0.15) is 11.4 Å². The molecule has 0 radical (unpaired) electrons. The highest BCUT2D eigenvalue weighted by Crippen LogP contribution is 2.24. The van der Waals surface area contributed by atoms with Crippen LogP contribution in [0, 0.1) is 0 Å². The molecule has 6 nitrogen and oxygen atoms in total. The van der Waals surface area contributed by atoms with E-state index in [-0.39, 0.29) is 17.3 Å². The van der Waals surface area contributed by atoms with Gasteiger partial charge in [-0.1, -0.05) is 35.5 Å². The summed E-state index contributed by atoms with van der Waals surface area (Å²) in [5, 5.41) is 4.40. The smallest absolute Gasteiger partial charge is 0.349 e. The lowest BCUT2D eigenvalue weighted by Crippen LogP contribution is -2.03. The van der Waals surface area contributed by atoms with Crippen molar-refractivity contribution in [3.8, 4) is 17.2 Å². The summed E-state index contributed by atoms with van der Waals surface area (Å²) in [4.78, 5) is 16.3. The van der Waals surface area contributed by atoms with Crippen LogP contribution in [0.3, 0.4) is 0 Å². The summed E-state index contributed by atoms with van der Waals surface area (Å²) in [6.45, 7) is 0.428. The van der Waals surface area contributed by atoms with Crippen molar-refractivity contribution in [1.29, 1.82) is 0 Å². The molecule has 0 saturated carbocycles. The number of fused-ring (bicyclic) bond motifs is 1. The Balaban J connectivity index is 1.63. The molecule has 2 heterocycles. The lowest BCUT2D eigenvalue weighted by Gasteiger charge is -2.07. The lowest BCUT2D eigenvalue weighted by atomic mass is 10.2. The molecule has 0 fully saturated rings. The number of aromatic nitrogens is 2. The van der Waals surface area contributed by atoms with Gasteiger partial charge >= 0.3 is 5.63 Å². The Labute approximate surface area is 153 Å². The first kappa shape index (κ1) is 16.4. The van der Waals surface area contributed by atoms with Crippen LogP contribution in [0.4, 0.5) is 0 Å². The van der Waals surface area contributed by atoms with Crippen molar-refractivity contribution in [1.82, 2.24) is 10.1 Å². The minimum Gasteiger partial charge on any atom is -0.489 e. The molecular formula is C19H13ClN2O4. The molecule has 0 amide bonds. The number of ether oxygens (including phenoxy) is 1. The Morgan fingerprint density at radius 3 is 2.69 bits per heavy atom. The van der Waals surface area contributed by atoms with E-state index in [2.05, 4.69) is 10.1 Å². The van der Waals surface area contributed by atoms with E-state index in [4.69, 9.17) is 25.3 Å². The lowest BCUT2D eigenvalue weighted by molar-refractivity contribution is 0.306. The molecule has 0 aliphatic carbocycles. The standard InChI is InChI=1S/C19H13ClN2O4/c20-10-17-21-18(26-22-17)15-8-13-6-7-14(9-16(13)25-19(15)23)24-11-12-4-2-1-3-5-12/h1-9H,10-11H2. The fourth-order valence-corrected chi connectivity index (χ4v) is 2.60. The van der Waals surface area contributed by atoms with E-state index in [9.17, 15) is 4.79 Å². The van der Waals surface area contributed by atoms with Gasteiger partial charge in [0.15, 0.2) is 5.82 Å². The molecule has 0 saturated heterocycles. The van der Waals surface area contributed by atoms with E-state index >= 15 is 0 Å². The molecule has 4 aromatic rings. The van der Waals surface area contributed by atoms with Gasteiger partial charge in [0.1, 0.15) is 23.5 Å². The van der Waals surface area contributed by atoms with E-state index in [1.165, 1.54) is 0 Å². The highest BCUT2D eigenvalue weighted by molar-refractivity contribution is 6.16. The van der Waals surface area contributed by atoms with E-state index in [1.807, 2.05) is 36.4 Å². The highest BCUT2D eigenvalue weighted by Gasteiger charge is 2.15. The fourth-order valence-electron chi connectivity index (χ4n) is 2.49. The van der Waals surface area contributed by atoms with Gasteiger partial charge in [-0.2, -0.15) is 4.98 Å². The van der Waals surface area contributed by atoms with Crippen molar-refractivity contribution < 1.29 is 13.7 Å². The van der Waals surface area contributed by atoms with Crippen LogP contribution in [0.15, 0.2) is 68.3 Å². The first-order valence-corrected chi connectivity index (χ1v) is 8.40. The van der Waals surface area contributed by atoms with Crippen LogP contribution in [-0.4, -0.2) is 10.1 Å². The van der Waals surface area contributed by atoms with Crippen molar-refractivity contribution in [3.05, 3.63) is 76.4 Å². The highest BCUT2D eigenvalue weighted by atomic mass is 35.5. The number of rotatable bonds is 5. The number of alkyl halides is 1. The predicted octanol–water partition coefficient (Wildman–Crippen LogP) is 4.16. The van der Waals surface area contributed by atoms with Crippen LogP contribution in [0.5, 0.6) is 5.75 Å². The quantitative estimate of drug-likeness (QED) is 0.389. The second kappa shape index (κ2) is 7.01. The summed E-state index contributed by atoms with van der Waals surface area (Å²) in [5.41, 5.74) is 1.10. The van der Waals surface area contributed by atoms with Crippen molar-refractivity contribution in [2.45, 2.75) is 12.5 Å². The minimum absolute atomic E-state index is 0.0840. The molecular weight excluding hydrogens is 356 g/mol. The molecule has 0 N–H and O–H groups in total. The van der Waals surface area contributed by atoms with Crippen LogP contribution >= 0.6 is 11.6 Å². The summed E-state index contributed by atoms with van der Waals surface area (Å²) in [6, 6.07) is 16.8. The summed E-state index contributed by atoms with van der Waals surface area (Å²) in [5.74, 6) is 1.11. The van der Waals surface area contributed by atoms with Gasteiger partial charge < -0.3 is 13.7 Å². The SMILES string of the molecule is O=c1oc2cc(OCc3ccccc3)ccc2cc1-c1nc(CCl)no1. The maximum absolute atomic E-state index is 12.3. The summed E-state index contributed by atoms with van der Waals surface area (Å²) >= 11 is 5.65. The summed E-state index contributed by atoms with van der Waals surface area (Å²) < 4.78 is 16.2. The molecule has 2 aromatic carbocycles. The second-order valence-corrected chi connectivity index (χ2v) is 5.84. The molecule has 130 valence electrons. The zero-order valence-electron chi connectivity index (χ0n) is 13.5. The topological polar surface area (TPSA) is 78.4 Å². The zero-order valence-corrected chi connectivity index (χ0v) is 14.3. The van der Waals surface area contributed by atoms with Gasteiger partial charge in [0, 0.05) is 11.5 Å². The summed E-state index contributed by atoms with van der Waals surface area (Å²) in [6.07, 6.45) is 0.